The van der Waals surface area contributed by atoms with Crippen molar-refractivity contribution in [3.05, 3.63) is 37.1 Å². The molecule has 146 valence electrons. The first kappa shape index (κ1) is 17.4. The molecule has 0 radical (unpaired) electrons. The Hall–Kier alpha value is -3.67. The normalized spacial score (nSPS) is 21.2. The van der Waals surface area contributed by atoms with Gasteiger partial charge in [-0.1, -0.05) is 6.92 Å². The number of nitrogens with zero attached hydrogens (tertiary/aromatic N) is 8. The van der Waals surface area contributed by atoms with Gasteiger partial charge in [0.1, 0.15) is 5.69 Å². The highest BCUT2D eigenvalue weighted by molar-refractivity contribution is 5.83. The maximum absolute atomic E-state index is 9.33. The molecule has 4 aromatic heterocycles. The van der Waals surface area contributed by atoms with E-state index in [1.165, 1.54) is 0 Å². The van der Waals surface area contributed by atoms with Gasteiger partial charge in [0.2, 0.25) is 0 Å². The summed E-state index contributed by atoms with van der Waals surface area (Å²) < 4.78 is 5.41. The number of hydrogen-bond acceptors (Lipinski definition) is 6. The van der Waals surface area contributed by atoms with Crippen LogP contribution in [0.3, 0.4) is 0 Å². The molecule has 4 heterocycles. The summed E-state index contributed by atoms with van der Waals surface area (Å²) in [5, 5.41) is 22.5. The Morgan fingerprint density at radius 2 is 2.10 bits per heavy atom. The lowest BCUT2D eigenvalue weighted by Crippen LogP contribution is -2.45. The summed E-state index contributed by atoms with van der Waals surface area (Å²) in [5.41, 5.74) is 10.0. The van der Waals surface area contributed by atoms with E-state index in [0.29, 0.717) is 23.9 Å². The van der Waals surface area contributed by atoms with Gasteiger partial charge in [-0.2, -0.15) is 20.6 Å². The largest absolute Gasteiger partial charge is 0.382 e. The third-order valence-electron chi connectivity index (χ3n) is 5.74. The van der Waals surface area contributed by atoms with E-state index in [0.717, 1.165) is 35.2 Å². The van der Waals surface area contributed by atoms with Crippen LogP contribution in [0.5, 0.6) is 0 Å². The van der Waals surface area contributed by atoms with Crippen molar-refractivity contribution in [1.29, 1.82) is 5.26 Å². The summed E-state index contributed by atoms with van der Waals surface area (Å²) >= 11 is 0. The van der Waals surface area contributed by atoms with E-state index in [2.05, 4.69) is 28.3 Å². The number of anilines is 1. The number of hydrogen-bond donors (Lipinski definition) is 1. The Morgan fingerprint density at radius 3 is 2.79 bits per heavy atom. The molecule has 0 saturated heterocycles. The fourth-order valence-corrected chi connectivity index (χ4v) is 4.43. The van der Waals surface area contributed by atoms with Crippen LogP contribution in [-0.2, 0) is 12.6 Å². The lowest BCUT2D eigenvalue weighted by atomic mass is 9.67. The van der Waals surface area contributed by atoms with Gasteiger partial charge in [-0.25, -0.2) is 9.50 Å². The molecule has 4 aromatic rings. The molecule has 1 aliphatic carbocycles. The summed E-state index contributed by atoms with van der Waals surface area (Å²) in [6.45, 7) is 2.19. The monoisotopic (exact) mass is 387 g/mol. The van der Waals surface area contributed by atoms with Crippen molar-refractivity contribution in [2.75, 3.05) is 5.73 Å². The van der Waals surface area contributed by atoms with Crippen LogP contribution in [-0.4, -0.2) is 34.2 Å². The van der Waals surface area contributed by atoms with E-state index >= 15 is 0 Å². The van der Waals surface area contributed by atoms with Crippen LogP contribution in [0.4, 0.5) is 5.82 Å². The van der Waals surface area contributed by atoms with Gasteiger partial charge >= 0.3 is 0 Å². The molecule has 0 aliphatic heterocycles. The van der Waals surface area contributed by atoms with Crippen LogP contribution >= 0.6 is 0 Å². The zero-order valence-corrected chi connectivity index (χ0v) is 16.3. The fraction of sp³-hybridized carbons (Fsp3) is 0.350. The van der Waals surface area contributed by atoms with Crippen LogP contribution in [0.2, 0.25) is 0 Å². The quantitative estimate of drug-likeness (QED) is 0.575. The summed E-state index contributed by atoms with van der Waals surface area (Å²) in [7, 11) is 1.87. The second-order valence-corrected chi connectivity index (χ2v) is 7.98. The maximum atomic E-state index is 9.33. The van der Waals surface area contributed by atoms with Gasteiger partial charge in [-0.05, 0) is 24.8 Å². The molecule has 2 N–H and O–H groups in total. The molecule has 5 rings (SSSR count). The van der Waals surface area contributed by atoms with Crippen LogP contribution in [0.1, 0.15) is 26.2 Å². The minimum Gasteiger partial charge on any atom is -0.382 e. The molecule has 0 aromatic carbocycles. The smallest absolute Gasteiger partial charge is 0.155 e. The third-order valence-corrected chi connectivity index (χ3v) is 5.74. The molecule has 1 saturated carbocycles. The van der Waals surface area contributed by atoms with E-state index < -0.39 is 0 Å². The van der Waals surface area contributed by atoms with Crippen molar-refractivity contribution in [3.63, 3.8) is 0 Å². The number of rotatable bonds is 4. The first-order chi connectivity index (χ1) is 14.0. The number of aromatic nitrogens is 7. The second-order valence-electron chi connectivity index (χ2n) is 7.98. The molecule has 29 heavy (non-hydrogen) atoms. The highest BCUT2D eigenvalue weighted by Gasteiger charge is 2.44. The highest BCUT2D eigenvalue weighted by atomic mass is 15.3. The molecule has 0 unspecified atom stereocenters. The molecule has 9 nitrogen and oxygen atoms in total. The SMILES string of the molecule is CC1CC(CC#N)(n2cc(-c3nc(-c4cnn(C)c4)cn4nccc34)c(N)n2)C1. The maximum Gasteiger partial charge on any atom is 0.155 e. The minimum absolute atomic E-state index is 0.280. The van der Waals surface area contributed by atoms with Gasteiger partial charge in [-0.15, -0.1) is 0 Å². The molecule has 0 amide bonds. The van der Waals surface area contributed by atoms with Crippen molar-refractivity contribution < 1.29 is 0 Å². The second kappa shape index (κ2) is 6.17. The van der Waals surface area contributed by atoms with Crippen LogP contribution in [0.25, 0.3) is 28.0 Å². The molecule has 0 atom stereocenters. The van der Waals surface area contributed by atoms with E-state index in [1.54, 1.807) is 21.6 Å². The number of nitrogens with two attached hydrogens (primary N) is 1. The van der Waals surface area contributed by atoms with E-state index in [4.69, 9.17) is 10.7 Å². The van der Waals surface area contributed by atoms with Crippen LogP contribution in [0.15, 0.2) is 37.1 Å². The number of nitrogen functional groups attached to an aromatic ring is 1. The van der Waals surface area contributed by atoms with Crippen molar-refractivity contribution in [2.24, 2.45) is 13.0 Å². The van der Waals surface area contributed by atoms with Crippen molar-refractivity contribution in [3.8, 4) is 28.6 Å². The van der Waals surface area contributed by atoms with E-state index in [9.17, 15) is 5.26 Å². The Labute approximate surface area is 167 Å². The third kappa shape index (κ3) is 2.68. The molecular formula is C20H21N9. The topological polar surface area (TPSA) is 116 Å². The number of aryl methyl sites for hydroxylation is 1. The Bertz CT molecular complexity index is 1250. The van der Waals surface area contributed by atoms with E-state index in [-0.39, 0.29) is 5.54 Å². The summed E-state index contributed by atoms with van der Waals surface area (Å²) in [4.78, 5) is 4.88. The number of nitriles is 1. The van der Waals surface area contributed by atoms with Crippen molar-refractivity contribution >= 4 is 11.3 Å². The van der Waals surface area contributed by atoms with Crippen LogP contribution in [0, 0.1) is 17.2 Å². The average Bonchev–Trinajstić information content (AvgIpc) is 3.39. The molecule has 1 fully saturated rings. The van der Waals surface area contributed by atoms with Crippen LogP contribution < -0.4 is 5.73 Å². The zero-order valence-electron chi connectivity index (χ0n) is 16.3. The van der Waals surface area contributed by atoms with Gasteiger partial charge < -0.3 is 5.73 Å². The molecule has 0 spiro atoms. The molecular weight excluding hydrogens is 366 g/mol. The predicted octanol–water partition coefficient (Wildman–Crippen LogP) is 2.61. The first-order valence-electron chi connectivity index (χ1n) is 9.55. The van der Waals surface area contributed by atoms with Crippen molar-refractivity contribution in [2.45, 2.75) is 31.7 Å². The molecule has 9 heteroatoms. The summed E-state index contributed by atoms with van der Waals surface area (Å²) in [5.74, 6) is 0.978. The van der Waals surface area contributed by atoms with Gasteiger partial charge in [0.25, 0.3) is 0 Å². The Morgan fingerprint density at radius 1 is 1.28 bits per heavy atom. The first-order valence-corrected chi connectivity index (χ1v) is 9.55. The Balaban J connectivity index is 1.66. The fourth-order valence-electron chi connectivity index (χ4n) is 4.43. The van der Waals surface area contributed by atoms with Gasteiger partial charge in [0.05, 0.1) is 53.4 Å². The molecule has 1 aliphatic rings. The van der Waals surface area contributed by atoms with Crippen molar-refractivity contribution in [1.82, 2.24) is 34.2 Å². The predicted molar refractivity (Wildman–Crippen MR) is 107 cm³/mol. The summed E-state index contributed by atoms with van der Waals surface area (Å²) in [6, 6.07) is 4.22. The Kier molecular flexibility index (Phi) is 3.71. The molecule has 0 bridgehead atoms. The average molecular weight is 387 g/mol. The minimum atomic E-state index is -0.280. The summed E-state index contributed by atoms with van der Waals surface area (Å²) in [6.07, 6.45) is 11.5. The highest BCUT2D eigenvalue weighted by Crippen LogP contribution is 2.47. The van der Waals surface area contributed by atoms with Gasteiger partial charge in [0.15, 0.2) is 5.82 Å². The van der Waals surface area contributed by atoms with Gasteiger partial charge in [0, 0.05) is 25.0 Å². The standard InChI is InChI=1S/C20H21N9/c1-13-7-20(8-13,4-5-21)29-11-15(19(22)26-29)18-17-3-6-23-28(17)12-16(25-18)14-9-24-27(2)10-14/h3,6,9-13H,4,7-8H2,1-2H3,(H2,22,26). The lowest BCUT2D eigenvalue weighted by Gasteiger charge is -2.45. The number of fused-ring (bicyclic) bond motifs is 1. The lowest BCUT2D eigenvalue weighted by molar-refractivity contribution is 0.0686. The van der Waals surface area contributed by atoms with E-state index in [1.807, 2.05) is 36.4 Å². The zero-order chi connectivity index (χ0) is 20.2. The van der Waals surface area contributed by atoms with Gasteiger partial charge in [-0.3, -0.25) is 9.36 Å².